The summed E-state index contributed by atoms with van der Waals surface area (Å²) in [6.07, 6.45) is -1.64. The zero-order valence-corrected chi connectivity index (χ0v) is 19.9. The van der Waals surface area contributed by atoms with Gasteiger partial charge in [0.1, 0.15) is 12.6 Å². The van der Waals surface area contributed by atoms with Gasteiger partial charge in [-0.05, 0) is 54.0 Å². The predicted molar refractivity (Wildman–Crippen MR) is 119 cm³/mol. The standard InChI is InChI=1S/C23H36N2O7/c1-15(32-23(5,6)7)18(20(27)28)25-19(26)17(14-31-22(2,3)4)24-21(29)30-13-16-11-9-8-10-12-16/h8-12,15,17-18H,13-14H2,1-7H3,(H,24,29)(H,25,26)(H,27,28)/t15-,17+,18+/m1/s1. The van der Waals surface area contributed by atoms with Gasteiger partial charge in [0.05, 0.1) is 23.9 Å². The van der Waals surface area contributed by atoms with E-state index in [1.807, 2.05) is 18.2 Å². The fraction of sp³-hybridized carbons (Fsp3) is 0.609. The Labute approximate surface area is 189 Å². The maximum Gasteiger partial charge on any atom is 0.408 e. The maximum atomic E-state index is 12.9. The van der Waals surface area contributed by atoms with Crippen molar-refractivity contribution in [2.24, 2.45) is 0 Å². The first-order valence-electron chi connectivity index (χ1n) is 10.5. The molecule has 9 heteroatoms. The first-order chi connectivity index (χ1) is 14.7. The van der Waals surface area contributed by atoms with E-state index in [0.717, 1.165) is 5.56 Å². The number of carboxylic acids is 1. The molecule has 0 aliphatic heterocycles. The van der Waals surface area contributed by atoms with Crippen molar-refractivity contribution in [3.63, 3.8) is 0 Å². The molecule has 0 unspecified atom stereocenters. The van der Waals surface area contributed by atoms with E-state index in [-0.39, 0.29) is 13.2 Å². The average Bonchev–Trinajstić information content (AvgIpc) is 2.65. The Morgan fingerprint density at radius 1 is 0.969 bits per heavy atom. The molecule has 1 aromatic carbocycles. The summed E-state index contributed by atoms with van der Waals surface area (Å²) in [6, 6.07) is 6.59. The van der Waals surface area contributed by atoms with Crippen LogP contribution < -0.4 is 10.6 Å². The van der Waals surface area contributed by atoms with Crippen molar-refractivity contribution in [2.75, 3.05) is 6.61 Å². The molecule has 0 heterocycles. The molecule has 0 aliphatic carbocycles. The van der Waals surface area contributed by atoms with Crippen molar-refractivity contribution in [1.29, 1.82) is 0 Å². The SMILES string of the molecule is C[C@@H](OC(C)(C)C)[C@H](NC(=O)[C@H](COC(C)(C)C)NC(=O)OCc1ccccc1)C(=O)O. The van der Waals surface area contributed by atoms with Crippen molar-refractivity contribution in [3.8, 4) is 0 Å². The number of carbonyl (C=O) groups excluding carboxylic acids is 2. The van der Waals surface area contributed by atoms with Crippen LogP contribution in [0, 0.1) is 0 Å². The van der Waals surface area contributed by atoms with Gasteiger partial charge < -0.3 is 30.0 Å². The fourth-order valence-corrected chi connectivity index (χ4v) is 2.68. The number of benzene rings is 1. The van der Waals surface area contributed by atoms with Crippen molar-refractivity contribution in [1.82, 2.24) is 10.6 Å². The molecule has 0 saturated carbocycles. The monoisotopic (exact) mass is 452 g/mol. The summed E-state index contributed by atoms with van der Waals surface area (Å²) in [5.74, 6) is -1.97. The average molecular weight is 453 g/mol. The number of alkyl carbamates (subject to hydrolysis) is 1. The second-order valence-corrected chi connectivity index (χ2v) is 9.44. The highest BCUT2D eigenvalue weighted by Crippen LogP contribution is 2.14. The van der Waals surface area contributed by atoms with Crippen LogP contribution in [0.25, 0.3) is 0 Å². The molecule has 0 fully saturated rings. The van der Waals surface area contributed by atoms with E-state index in [1.54, 1.807) is 60.6 Å². The topological polar surface area (TPSA) is 123 Å². The van der Waals surface area contributed by atoms with E-state index in [9.17, 15) is 19.5 Å². The molecule has 0 bridgehead atoms. The van der Waals surface area contributed by atoms with Crippen molar-refractivity contribution in [3.05, 3.63) is 35.9 Å². The van der Waals surface area contributed by atoms with Crippen LogP contribution in [0.1, 0.15) is 54.0 Å². The Morgan fingerprint density at radius 3 is 2.06 bits per heavy atom. The Kier molecular flexibility index (Phi) is 10.1. The number of carbonyl (C=O) groups is 3. The number of hydrogen-bond donors (Lipinski definition) is 3. The maximum absolute atomic E-state index is 12.9. The van der Waals surface area contributed by atoms with E-state index in [4.69, 9.17) is 14.2 Å². The summed E-state index contributed by atoms with van der Waals surface area (Å²) in [6.45, 7) is 12.2. The molecule has 0 spiro atoms. The molecule has 0 saturated heterocycles. The van der Waals surface area contributed by atoms with Gasteiger partial charge in [0.2, 0.25) is 5.91 Å². The lowest BCUT2D eigenvalue weighted by Crippen LogP contribution is -2.57. The van der Waals surface area contributed by atoms with Crippen molar-refractivity contribution >= 4 is 18.0 Å². The number of hydrogen-bond acceptors (Lipinski definition) is 6. The van der Waals surface area contributed by atoms with E-state index < -0.39 is 47.4 Å². The van der Waals surface area contributed by atoms with Crippen LogP contribution in [-0.4, -0.2) is 59.1 Å². The molecule has 180 valence electrons. The molecule has 0 radical (unpaired) electrons. The molecular weight excluding hydrogens is 416 g/mol. The van der Waals surface area contributed by atoms with Gasteiger partial charge >= 0.3 is 12.1 Å². The number of ether oxygens (including phenoxy) is 3. The normalized spacial score (nSPS) is 14.7. The lowest BCUT2D eigenvalue weighted by molar-refractivity contribution is -0.151. The van der Waals surface area contributed by atoms with Gasteiger partial charge in [0, 0.05) is 0 Å². The molecule has 3 atom stereocenters. The second-order valence-electron chi connectivity index (χ2n) is 9.44. The van der Waals surface area contributed by atoms with E-state index in [1.165, 1.54) is 0 Å². The number of rotatable bonds is 10. The van der Waals surface area contributed by atoms with Gasteiger partial charge in [-0.1, -0.05) is 30.3 Å². The van der Waals surface area contributed by atoms with E-state index >= 15 is 0 Å². The lowest BCUT2D eigenvalue weighted by atomic mass is 10.1. The molecule has 0 aliphatic rings. The van der Waals surface area contributed by atoms with Gasteiger partial charge in [-0.2, -0.15) is 0 Å². The summed E-state index contributed by atoms with van der Waals surface area (Å²) in [7, 11) is 0. The highest BCUT2D eigenvalue weighted by Gasteiger charge is 2.33. The number of amides is 2. The third-order valence-corrected chi connectivity index (χ3v) is 4.08. The van der Waals surface area contributed by atoms with Gasteiger partial charge in [0.15, 0.2) is 6.04 Å². The summed E-state index contributed by atoms with van der Waals surface area (Å²) in [5.41, 5.74) is -0.400. The van der Waals surface area contributed by atoms with Crippen LogP contribution in [-0.2, 0) is 30.4 Å². The molecule has 9 nitrogen and oxygen atoms in total. The Morgan fingerprint density at radius 2 is 1.56 bits per heavy atom. The molecule has 3 N–H and O–H groups in total. The molecule has 1 aromatic rings. The van der Waals surface area contributed by atoms with Crippen molar-refractivity contribution < 1.29 is 33.7 Å². The number of nitrogens with one attached hydrogen (secondary N) is 2. The largest absolute Gasteiger partial charge is 0.480 e. The third-order valence-electron chi connectivity index (χ3n) is 4.08. The smallest absolute Gasteiger partial charge is 0.408 e. The van der Waals surface area contributed by atoms with E-state index in [2.05, 4.69) is 10.6 Å². The van der Waals surface area contributed by atoms with Gasteiger partial charge in [0.25, 0.3) is 0 Å². The van der Waals surface area contributed by atoms with Crippen molar-refractivity contribution in [2.45, 2.75) is 84.5 Å². The first kappa shape index (κ1) is 27.4. The lowest BCUT2D eigenvalue weighted by Gasteiger charge is -2.30. The molecule has 0 aromatic heterocycles. The summed E-state index contributed by atoms with van der Waals surface area (Å²) in [4.78, 5) is 36.9. The van der Waals surface area contributed by atoms with Crippen LogP contribution in [0.15, 0.2) is 30.3 Å². The Hall–Kier alpha value is -2.65. The first-order valence-corrected chi connectivity index (χ1v) is 10.5. The Balaban J connectivity index is 2.86. The number of carboxylic acid groups (broad SMARTS) is 1. The van der Waals surface area contributed by atoms with Gasteiger partial charge in [-0.15, -0.1) is 0 Å². The van der Waals surface area contributed by atoms with Crippen LogP contribution in [0.3, 0.4) is 0 Å². The predicted octanol–water partition coefficient (Wildman–Crippen LogP) is 2.87. The molecule has 2 amide bonds. The fourth-order valence-electron chi connectivity index (χ4n) is 2.68. The van der Waals surface area contributed by atoms with Gasteiger partial charge in [-0.25, -0.2) is 9.59 Å². The summed E-state index contributed by atoms with van der Waals surface area (Å²) < 4.78 is 16.5. The minimum absolute atomic E-state index is 0.0232. The van der Waals surface area contributed by atoms with E-state index in [0.29, 0.717) is 0 Å². The minimum Gasteiger partial charge on any atom is -0.480 e. The quantitative estimate of drug-likeness (QED) is 0.499. The van der Waals surface area contributed by atoms with Crippen LogP contribution in [0.5, 0.6) is 0 Å². The Bertz CT molecular complexity index is 754. The third kappa shape index (κ3) is 11.1. The number of aliphatic carboxylic acids is 1. The highest BCUT2D eigenvalue weighted by atomic mass is 16.5. The second kappa shape index (κ2) is 11.8. The van der Waals surface area contributed by atoms with Crippen LogP contribution >= 0.6 is 0 Å². The molecule has 32 heavy (non-hydrogen) atoms. The molecular formula is C23H36N2O7. The zero-order valence-electron chi connectivity index (χ0n) is 19.9. The van der Waals surface area contributed by atoms with Crippen LogP contribution in [0.4, 0.5) is 4.79 Å². The summed E-state index contributed by atoms with van der Waals surface area (Å²) >= 11 is 0. The molecule has 1 rings (SSSR count). The summed E-state index contributed by atoms with van der Waals surface area (Å²) in [5, 5.41) is 14.5. The van der Waals surface area contributed by atoms with Crippen LogP contribution in [0.2, 0.25) is 0 Å². The zero-order chi connectivity index (χ0) is 24.5. The highest BCUT2D eigenvalue weighted by molar-refractivity contribution is 5.89. The van der Waals surface area contributed by atoms with Gasteiger partial charge in [-0.3, -0.25) is 4.79 Å². The minimum atomic E-state index is -1.32.